The van der Waals surface area contributed by atoms with Gasteiger partial charge in [0.2, 0.25) is 0 Å². The lowest BCUT2D eigenvalue weighted by Crippen LogP contribution is -2.33. The first-order valence-electron chi connectivity index (χ1n) is 3.44. The normalized spacial score (nSPS) is 15.8. The van der Waals surface area contributed by atoms with E-state index in [-0.39, 0.29) is 5.78 Å². The highest BCUT2D eigenvalue weighted by molar-refractivity contribution is 14.1. The average molecular weight is 304 g/mol. The monoisotopic (exact) mass is 304 g/mol. The van der Waals surface area contributed by atoms with E-state index in [0.29, 0.717) is 0 Å². The van der Waals surface area contributed by atoms with E-state index < -0.39 is 18.5 Å². The molecule has 0 bridgehead atoms. The molecule has 0 aromatic rings. The van der Waals surface area contributed by atoms with Gasteiger partial charge >= 0.3 is 0 Å². The van der Waals surface area contributed by atoms with Gasteiger partial charge in [0.25, 0.3) is 0 Å². The number of carbonyl (C=O) groups excluding carboxylic acids is 1. The number of alkyl halides is 1. The third kappa shape index (κ3) is 3.38. The Morgan fingerprint density at radius 2 is 1.67 bits per heavy atom. The van der Waals surface area contributed by atoms with Gasteiger partial charge in [-0.15, -0.1) is 0 Å². The van der Waals surface area contributed by atoms with E-state index in [4.69, 9.17) is 0 Å². The fraction of sp³-hybridized carbons (Fsp3) is 0.857. The summed E-state index contributed by atoms with van der Waals surface area (Å²) in [6, 6.07) is 0. The van der Waals surface area contributed by atoms with Gasteiger partial charge in [0.05, 0.1) is 0 Å². The number of carbonyl (C=O) groups is 1. The largest absolute Gasteiger partial charge is 0.297 e. The first-order valence-corrected chi connectivity index (χ1v) is 6.64. The van der Waals surface area contributed by atoms with Crippen LogP contribution in [-0.4, -0.2) is 23.7 Å². The van der Waals surface area contributed by atoms with Crippen LogP contribution >= 0.6 is 22.6 Å². The van der Waals surface area contributed by atoms with Crippen LogP contribution < -0.4 is 0 Å². The number of hydrogen-bond donors (Lipinski definition) is 0. The zero-order valence-corrected chi connectivity index (χ0v) is 10.6. The van der Waals surface area contributed by atoms with Crippen molar-refractivity contribution in [2.24, 2.45) is 5.41 Å². The molecule has 0 rings (SSSR count). The summed E-state index contributed by atoms with van der Waals surface area (Å²) in [6.07, 6.45) is 1.08. The topological polar surface area (TPSA) is 51.2 Å². The Labute approximate surface area is 87.0 Å². The first kappa shape index (κ1) is 12.3. The Morgan fingerprint density at radius 3 is 1.75 bits per heavy atom. The summed E-state index contributed by atoms with van der Waals surface area (Å²) in [4.78, 5) is 11.4. The second kappa shape index (κ2) is 3.61. The molecule has 5 heteroatoms. The molecular weight excluding hydrogens is 291 g/mol. The van der Waals surface area contributed by atoms with Gasteiger partial charge in [0, 0.05) is 11.7 Å². The van der Waals surface area contributed by atoms with Crippen LogP contribution in [0.1, 0.15) is 20.8 Å². The van der Waals surface area contributed by atoms with Crippen molar-refractivity contribution in [2.75, 3.05) is 6.26 Å². The molecule has 3 nitrogen and oxygen atoms in total. The molecule has 0 aliphatic heterocycles. The van der Waals surface area contributed by atoms with Gasteiger partial charge < -0.3 is 0 Å². The number of sulfone groups is 1. The van der Waals surface area contributed by atoms with Crippen molar-refractivity contribution in [3.8, 4) is 0 Å². The van der Waals surface area contributed by atoms with Gasteiger partial charge in [-0.05, 0) is 0 Å². The lowest BCUT2D eigenvalue weighted by atomic mass is 9.92. The minimum atomic E-state index is -3.25. The molecule has 0 aromatic heterocycles. The summed E-state index contributed by atoms with van der Waals surface area (Å²) in [6.45, 7) is 5.14. The number of ketones is 1. The summed E-state index contributed by atoms with van der Waals surface area (Å²) in [5, 5.41) is 0. The Morgan fingerprint density at radius 1 is 1.33 bits per heavy atom. The van der Waals surface area contributed by atoms with Gasteiger partial charge in [-0.2, -0.15) is 0 Å². The SMILES string of the molecule is CC(C)(C)C(=O)[C@H](I)S(C)(=O)=O. The fourth-order valence-electron chi connectivity index (χ4n) is 0.535. The molecule has 72 valence electrons. The molecule has 0 N–H and O–H groups in total. The summed E-state index contributed by atoms with van der Waals surface area (Å²) in [5.41, 5.74) is -0.588. The summed E-state index contributed by atoms with van der Waals surface area (Å²) < 4.78 is 21.1. The van der Waals surface area contributed by atoms with Crippen molar-refractivity contribution in [3.05, 3.63) is 0 Å². The van der Waals surface area contributed by atoms with E-state index in [1.54, 1.807) is 43.4 Å². The zero-order chi connectivity index (χ0) is 10.2. The quantitative estimate of drug-likeness (QED) is 0.572. The standard InChI is InChI=1S/C7H13IO3S/c1-7(2,3)5(9)6(8)12(4,10)11/h6H,1-4H3/t6-/m1/s1. The Hall–Kier alpha value is 0.350. The number of rotatable bonds is 2. The molecule has 0 spiro atoms. The summed E-state index contributed by atoms with van der Waals surface area (Å²) in [5.74, 6) is -0.245. The molecule has 0 aliphatic rings. The highest BCUT2D eigenvalue weighted by atomic mass is 127. The summed E-state index contributed by atoms with van der Waals surface area (Å²) in [7, 11) is -3.25. The van der Waals surface area contributed by atoms with Crippen LogP contribution in [0.15, 0.2) is 0 Å². The van der Waals surface area contributed by atoms with Gasteiger partial charge in [-0.25, -0.2) is 8.42 Å². The van der Waals surface area contributed by atoms with Crippen LogP contribution in [0, 0.1) is 5.41 Å². The molecule has 1 atom stereocenters. The van der Waals surface area contributed by atoms with E-state index in [9.17, 15) is 13.2 Å². The molecular formula is C7H13IO3S. The Bertz CT molecular complexity index is 274. The maximum atomic E-state index is 11.4. The highest BCUT2D eigenvalue weighted by Crippen LogP contribution is 2.23. The minimum absolute atomic E-state index is 0.245. The lowest BCUT2D eigenvalue weighted by Gasteiger charge is -2.19. The molecule has 0 aromatic carbocycles. The van der Waals surface area contributed by atoms with Crippen molar-refractivity contribution in [3.63, 3.8) is 0 Å². The van der Waals surface area contributed by atoms with Gasteiger partial charge in [0.15, 0.2) is 18.9 Å². The minimum Gasteiger partial charge on any atom is -0.297 e. The second-order valence-electron chi connectivity index (χ2n) is 3.76. The van der Waals surface area contributed by atoms with Crippen molar-refractivity contribution in [1.29, 1.82) is 0 Å². The predicted molar refractivity (Wildman–Crippen MR) is 57.1 cm³/mol. The van der Waals surface area contributed by atoms with Crippen LogP contribution in [0.3, 0.4) is 0 Å². The van der Waals surface area contributed by atoms with Crippen molar-refractivity contribution >= 4 is 38.2 Å². The van der Waals surface area contributed by atoms with Crippen LogP contribution in [0.2, 0.25) is 0 Å². The lowest BCUT2D eigenvalue weighted by molar-refractivity contribution is -0.124. The van der Waals surface area contributed by atoms with Crippen LogP contribution in [0.4, 0.5) is 0 Å². The fourth-order valence-corrected chi connectivity index (χ4v) is 2.21. The number of Topliss-reactive ketones (excluding diaryl/α,β-unsaturated/α-hetero) is 1. The summed E-state index contributed by atoms with van der Waals surface area (Å²) >= 11 is 1.66. The molecule has 0 fully saturated rings. The Balaban J connectivity index is 4.77. The third-order valence-corrected chi connectivity index (χ3v) is 5.62. The van der Waals surface area contributed by atoms with Crippen LogP contribution in [0.5, 0.6) is 0 Å². The first-order chi connectivity index (χ1) is 5.07. The molecule has 0 radical (unpaired) electrons. The van der Waals surface area contributed by atoms with E-state index in [1.807, 2.05) is 0 Å². The van der Waals surface area contributed by atoms with Gasteiger partial charge in [-0.1, -0.05) is 43.4 Å². The van der Waals surface area contributed by atoms with E-state index in [0.717, 1.165) is 6.26 Å². The molecule has 0 saturated heterocycles. The molecule has 0 aliphatic carbocycles. The van der Waals surface area contributed by atoms with Crippen LogP contribution in [0.25, 0.3) is 0 Å². The van der Waals surface area contributed by atoms with Crippen LogP contribution in [-0.2, 0) is 14.6 Å². The van der Waals surface area contributed by atoms with Crippen molar-refractivity contribution in [1.82, 2.24) is 0 Å². The Kier molecular flexibility index (Phi) is 3.72. The van der Waals surface area contributed by atoms with E-state index >= 15 is 0 Å². The molecule has 0 amide bonds. The maximum absolute atomic E-state index is 11.4. The molecule has 0 heterocycles. The maximum Gasteiger partial charge on any atom is 0.171 e. The zero-order valence-electron chi connectivity index (χ0n) is 7.59. The van der Waals surface area contributed by atoms with Crippen molar-refractivity contribution in [2.45, 2.75) is 24.0 Å². The van der Waals surface area contributed by atoms with Gasteiger partial charge in [-0.3, -0.25) is 4.79 Å². The molecule has 0 saturated carbocycles. The second-order valence-corrected chi connectivity index (χ2v) is 7.98. The predicted octanol–water partition coefficient (Wildman–Crippen LogP) is 1.41. The number of halogens is 1. The van der Waals surface area contributed by atoms with E-state index in [2.05, 4.69) is 0 Å². The van der Waals surface area contributed by atoms with Crippen molar-refractivity contribution < 1.29 is 13.2 Å². The molecule has 12 heavy (non-hydrogen) atoms. The smallest absolute Gasteiger partial charge is 0.171 e. The molecule has 0 unspecified atom stereocenters. The van der Waals surface area contributed by atoms with Gasteiger partial charge in [0.1, 0.15) is 0 Å². The third-order valence-electron chi connectivity index (χ3n) is 1.32. The number of hydrogen-bond acceptors (Lipinski definition) is 3. The van der Waals surface area contributed by atoms with E-state index in [1.165, 1.54) is 0 Å². The highest BCUT2D eigenvalue weighted by Gasteiger charge is 2.33. The average Bonchev–Trinajstić information content (AvgIpc) is 1.80.